The van der Waals surface area contributed by atoms with Crippen LogP contribution in [0.2, 0.25) is 0 Å². The summed E-state index contributed by atoms with van der Waals surface area (Å²) < 4.78 is 5.61. The normalized spacial score (nSPS) is 16.9. The molecule has 0 bridgehead atoms. The van der Waals surface area contributed by atoms with Crippen LogP contribution in [0.4, 0.5) is 5.69 Å². The van der Waals surface area contributed by atoms with E-state index in [2.05, 4.69) is 59.7 Å². The van der Waals surface area contributed by atoms with E-state index in [9.17, 15) is 0 Å². The zero-order valence-electron chi connectivity index (χ0n) is 17.0. The Bertz CT molecular complexity index is 512. The zero-order valence-corrected chi connectivity index (χ0v) is 19.3. The lowest BCUT2D eigenvalue weighted by molar-refractivity contribution is 0.129. The Hall–Kier alpha value is -1.02. The van der Waals surface area contributed by atoms with Gasteiger partial charge in [0, 0.05) is 51.6 Å². The summed E-state index contributed by atoms with van der Waals surface area (Å²) in [6, 6.07) is 10.7. The molecule has 5 nitrogen and oxygen atoms in total. The van der Waals surface area contributed by atoms with Crippen LogP contribution < -0.4 is 15.5 Å². The number of rotatable bonds is 11. The Labute approximate surface area is 182 Å². The van der Waals surface area contributed by atoms with Crippen molar-refractivity contribution in [3.63, 3.8) is 0 Å². The molecule has 1 heterocycles. The maximum Gasteiger partial charge on any atom is 0.191 e. The van der Waals surface area contributed by atoms with Gasteiger partial charge in [-0.05, 0) is 44.2 Å². The molecule has 2 rings (SSSR count). The molecular weight excluding hydrogens is 451 g/mol. The minimum Gasteiger partial charge on any atom is -0.381 e. The molecule has 0 aromatic heterocycles. The van der Waals surface area contributed by atoms with Crippen LogP contribution >= 0.6 is 24.0 Å². The molecule has 6 heteroatoms. The number of ether oxygens (including phenoxy) is 1. The number of halogens is 1. The van der Waals surface area contributed by atoms with Crippen molar-refractivity contribution in [3.05, 3.63) is 30.3 Å². The first-order valence-electron chi connectivity index (χ1n) is 10.2. The van der Waals surface area contributed by atoms with Gasteiger partial charge in [-0.2, -0.15) is 0 Å². The molecule has 1 aromatic rings. The number of aliphatic imine (C=N–C) groups is 1. The lowest BCUT2D eigenvalue weighted by Gasteiger charge is -2.18. The third-order valence-electron chi connectivity index (χ3n) is 4.66. The molecular formula is C21H37IN4O. The Kier molecular flexibility index (Phi) is 13.3. The number of anilines is 1. The van der Waals surface area contributed by atoms with Gasteiger partial charge in [0.25, 0.3) is 0 Å². The molecule has 154 valence electrons. The van der Waals surface area contributed by atoms with Crippen molar-refractivity contribution in [2.45, 2.75) is 39.5 Å². The molecule has 1 fully saturated rings. The quantitative estimate of drug-likeness (QED) is 0.215. The number of para-hydroxylation sites is 1. The Morgan fingerprint density at radius 2 is 1.93 bits per heavy atom. The maximum absolute atomic E-state index is 5.61. The van der Waals surface area contributed by atoms with Gasteiger partial charge < -0.3 is 20.3 Å². The van der Waals surface area contributed by atoms with Gasteiger partial charge in [0.2, 0.25) is 0 Å². The molecule has 0 amide bonds. The molecule has 0 spiro atoms. The van der Waals surface area contributed by atoms with Crippen molar-refractivity contribution in [2.24, 2.45) is 10.9 Å². The average Bonchev–Trinajstić information content (AvgIpc) is 3.15. The summed E-state index contributed by atoms with van der Waals surface area (Å²) in [6.07, 6.45) is 4.57. The average molecular weight is 488 g/mol. The van der Waals surface area contributed by atoms with Crippen molar-refractivity contribution in [3.8, 4) is 0 Å². The van der Waals surface area contributed by atoms with Crippen molar-refractivity contribution in [2.75, 3.05) is 50.8 Å². The second kappa shape index (κ2) is 15.0. The Morgan fingerprint density at radius 3 is 2.67 bits per heavy atom. The second-order valence-corrected chi connectivity index (χ2v) is 6.90. The predicted octanol–water partition coefficient (Wildman–Crippen LogP) is 3.89. The Balaban J connectivity index is 0.00000364. The van der Waals surface area contributed by atoms with Gasteiger partial charge in [0.05, 0.1) is 0 Å². The molecule has 1 saturated heterocycles. The van der Waals surface area contributed by atoms with E-state index in [1.807, 2.05) is 0 Å². The summed E-state index contributed by atoms with van der Waals surface area (Å²) in [5.41, 5.74) is 1.33. The molecule has 1 aliphatic heterocycles. The minimum absolute atomic E-state index is 0. The monoisotopic (exact) mass is 488 g/mol. The number of nitrogens with one attached hydrogen (secondary N) is 2. The van der Waals surface area contributed by atoms with Crippen LogP contribution in [-0.4, -0.2) is 51.9 Å². The van der Waals surface area contributed by atoms with E-state index >= 15 is 0 Å². The summed E-state index contributed by atoms with van der Waals surface area (Å²) in [6.45, 7) is 10.9. The highest BCUT2D eigenvalue weighted by Gasteiger charge is 2.22. The Morgan fingerprint density at radius 1 is 1.15 bits per heavy atom. The first-order chi connectivity index (χ1) is 12.8. The molecule has 27 heavy (non-hydrogen) atoms. The summed E-state index contributed by atoms with van der Waals surface area (Å²) in [4.78, 5) is 7.26. The SMILES string of the molecule is CCCCOCCCNC(=NCC1CCN(c2ccccc2)C1)NCC.I. The summed E-state index contributed by atoms with van der Waals surface area (Å²) in [5.74, 6) is 1.56. The van der Waals surface area contributed by atoms with Crippen LogP contribution in [-0.2, 0) is 4.74 Å². The van der Waals surface area contributed by atoms with E-state index in [0.717, 1.165) is 64.7 Å². The largest absolute Gasteiger partial charge is 0.381 e. The van der Waals surface area contributed by atoms with Crippen LogP contribution in [0.3, 0.4) is 0 Å². The number of nitrogens with zero attached hydrogens (tertiary/aromatic N) is 2. The third-order valence-corrected chi connectivity index (χ3v) is 4.66. The van der Waals surface area contributed by atoms with Gasteiger partial charge in [-0.15, -0.1) is 24.0 Å². The molecule has 1 aromatic carbocycles. The molecule has 0 saturated carbocycles. The number of hydrogen-bond acceptors (Lipinski definition) is 3. The molecule has 1 atom stereocenters. The van der Waals surface area contributed by atoms with Crippen molar-refractivity contribution in [1.29, 1.82) is 0 Å². The maximum atomic E-state index is 5.61. The van der Waals surface area contributed by atoms with E-state index in [-0.39, 0.29) is 24.0 Å². The molecule has 2 N–H and O–H groups in total. The van der Waals surface area contributed by atoms with Crippen LogP contribution in [0, 0.1) is 5.92 Å². The van der Waals surface area contributed by atoms with E-state index in [1.54, 1.807) is 0 Å². The zero-order chi connectivity index (χ0) is 18.5. The van der Waals surface area contributed by atoms with E-state index < -0.39 is 0 Å². The van der Waals surface area contributed by atoms with Crippen molar-refractivity contribution >= 4 is 35.6 Å². The third kappa shape index (κ3) is 9.65. The smallest absolute Gasteiger partial charge is 0.191 e. The van der Waals surface area contributed by atoms with Crippen LogP contribution in [0.15, 0.2) is 35.3 Å². The van der Waals surface area contributed by atoms with Gasteiger partial charge >= 0.3 is 0 Å². The molecule has 1 unspecified atom stereocenters. The lowest BCUT2D eigenvalue weighted by atomic mass is 10.1. The first kappa shape index (κ1) is 24.0. The van der Waals surface area contributed by atoms with Gasteiger partial charge in [-0.25, -0.2) is 0 Å². The highest BCUT2D eigenvalue weighted by atomic mass is 127. The number of benzene rings is 1. The summed E-state index contributed by atoms with van der Waals surface area (Å²) in [7, 11) is 0. The second-order valence-electron chi connectivity index (χ2n) is 6.90. The van der Waals surface area contributed by atoms with Crippen molar-refractivity contribution in [1.82, 2.24) is 10.6 Å². The minimum atomic E-state index is 0. The van der Waals surface area contributed by atoms with E-state index in [0.29, 0.717) is 5.92 Å². The highest BCUT2D eigenvalue weighted by Crippen LogP contribution is 2.23. The standard InChI is InChI=1S/C21H36N4O.HI/c1-3-5-15-26-16-9-13-23-21(22-4-2)24-17-19-12-14-25(18-19)20-10-7-6-8-11-20;/h6-8,10-11,19H,3-5,9,12-18H2,1-2H3,(H2,22,23,24);1H. The van der Waals surface area contributed by atoms with Gasteiger partial charge in [0.1, 0.15) is 0 Å². The molecule has 0 radical (unpaired) electrons. The fraction of sp³-hybridized carbons (Fsp3) is 0.667. The fourth-order valence-electron chi connectivity index (χ4n) is 3.15. The lowest BCUT2D eigenvalue weighted by Crippen LogP contribution is -2.38. The van der Waals surface area contributed by atoms with Gasteiger partial charge in [0.15, 0.2) is 5.96 Å². The van der Waals surface area contributed by atoms with E-state index in [1.165, 1.54) is 18.5 Å². The topological polar surface area (TPSA) is 48.9 Å². The highest BCUT2D eigenvalue weighted by molar-refractivity contribution is 14.0. The summed E-state index contributed by atoms with van der Waals surface area (Å²) in [5, 5.41) is 6.77. The first-order valence-corrected chi connectivity index (χ1v) is 10.2. The van der Waals surface area contributed by atoms with Crippen LogP contribution in [0.25, 0.3) is 0 Å². The fourth-order valence-corrected chi connectivity index (χ4v) is 3.15. The number of guanidine groups is 1. The number of hydrogen-bond donors (Lipinski definition) is 2. The molecule has 0 aliphatic carbocycles. The van der Waals surface area contributed by atoms with Crippen LogP contribution in [0.1, 0.15) is 39.5 Å². The van der Waals surface area contributed by atoms with Gasteiger partial charge in [-0.1, -0.05) is 31.5 Å². The number of unbranched alkanes of at least 4 members (excludes halogenated alkanes) is 1. The summed E-state index contributed by atoms with van der Waals surface area (Å²) >= 11 is 0. The van der Waals surface area contributed by atoms with Crippen molar-refractivity contribution < 1.29 is 4.74 Å². The molecule has 1 aliphatic rings. The van der Waals surface area contributed by atoms with Crippen LogP contribution in [0.5, 0.6) is 0 Å². The van der Waals surface area contributed by atoms with Gasteiger partial charge in [-0.3, -0.25) is 4.99 Å². The predicted molar refractivity (Wildman–Crippen MR) is 127 cm³/mol. The van der Waals surface area contributed by atoms with E-state index in [4.69, 9.17) is 9.73 Å².